The summed E-state index contributed by atoms with van der Waals surface area (Å²) in [5.41, 5.74) is -0.993. The van der Waals surface area contributed by atoms with Crippen LogP contribution < -0.4 is 4.90 Å². The van der Waals surface area contributed by atoms with Crippen molar-refractivity contribution < 1.29 is 24.9 Å². The Labute approximate surface area is 188 Å². The molecule has 0 saturated heterocycles. The van der Waals surface area contributed by atoms with Crippen molar-refractivity contribution in [3.8, 4) is 11.8 Å². The van der Waals surface area contributed by atoms with Gasteiger partial charge in [-0.3, -0.25) is 4.79 Å². The second-order valence-corrected chi connectivity index (χ2v) is 10.4. The predicted octanol–water partition coefficient (Wildman–Crippen LogP) is 4.03. The van der Waals surface area contributed by atoms with E-state index in [9.17, 15) is 24.9 Å². The lowest BCUT2D eigenvalue weighted by atomic mass is 9.80. The molecule has 31 heavy (non-hydrogen) atoms. The zero-order valence-corrected chi connectivity index (χ0v) is 19.4. The van der Waals surface area contributed by atoms with E-state index in [0.29, 0.717) is 41.5 Å². The molecular formula is C24H33NO5S. The van der Waals surface area contributed by atoms with Crippen LogP contribution in [0.3, 0.4) is 0 Å². The quantitative estimate of drug-likeness (QED) is 0.606. The summed E-state index contributed by atoms with van der Waals surface area (Å²) >= 11 is 1.16. The first kappa shape index (κ1) is 23.8. The highest BCUT2D eigenvalue weighted by molar-refractivity contribution is 7.17. The molecule has 1 heterocycles. The summed E-state index contributed by atoms with van der Waals surface area (Å²) in [6, 6.07) is 1.22. The molecule has 7 heteroatoms. The number of aliphatic hydroxyl groups excluding tert-OH is 1. The van der Waals surface area contributed by atoms with Crippen LogP contribution in [0.15, 0.2) is 6.07 Å². The lowest BCUT2D eigenvalue weighted by Gasteiger charge is -2.35. The highest BCUT2D eigenvalue weighted by Gasteiger charge is 2.38. The topological polar surface area (TPSA) is 98.1 Å². The summed E-state index contributed by atoms with van der Waals surface area (Å²) in [5.74, 6) is 4.40. The molecule has 0 bridgehead atoms. The van der Waals surface area contributed by atoms with Crippen molar-refractivity contribution in [3.05, 3.63) is 16.5 Å². The molecule has 2 saturated carbocycles. The third kappa shape index (κ3) is 5.49. The number of carbonyl (C=O) groups excluding carboxylic acids is 1. The maximum atomic E-state index is 13.4. The monoisotopic (exact) mass is 447 g/mol. The van der Waals surface area contributed by atoms with Crippen LogP contribution in [0, 0.1) is 23.7 Å². The number of hydrogen-bond acceptors (Lipinski definition) is 5. The number of nitrogens with zero attached hydrogens (tertiary/aromatic N) is 1. The molecule has 0 aromatic carbocycles. The molecule has 1 amide bonds. The Morgan fingerprint density at radius 1 is 1.23 bits per heavy atom. The Morgan fingerprint density at radius 2 is 1.90 bits per heavy atom. The first-order chi connectivity index (χ1) is 14.6. The number of aliphatic hydroxyl groups is 2. The number of carboxylic acid groups (broad SMARTS) is 1. The number of carbonyl (C=O) groups is 2. The third-order valence-electron chi connectivity index (χ3n) is 6.41. The third-order valence-corrected chi connectivity index (χ3v) is 7.46. The Balaban J connectivity index is 1.93. The van der Waals surface area contributed by atoms with Gasteiger partial charge < -0.3 is 20.2 Å². The van der Waals surface area contributed by atoms with E-state index in [1.807, 2.05) is 13.8 Å². The Kier molecular flexibility index (Phi) is 7.46. The van der Waals surface area contributed by atoms with Gasteiger partial charge in [-0.2, -0.15) is 0 Å². The number of carboxylic acids is 1. The normalized spacial score (nSPS) is 25.5. The lowest BCUT2D eigenvalue weighted by molar-refractivity contribution is -0.128. The fraction of sp³-hybridized carbons (Fsp3) is 0.667. The number of anilines is 1. The smallest absolute Gasteiger partial charge is 0.338 e. The van der Waals surface area contributed by atoms with Crippen molar-refractivity contribution in [1.82, 2.24) is 0 Å². The number of thiophene rings is 1. The van der Waals surface area contributed by atoms with Crippen molar-refractivity contribution in [1.29, 1.82) is 0 Å². The zero-order chi connectivity index (χ0) is 22.8. The summed E-state index contributed by atoms with van der Waals surface area (Å²) in [5, 5.41) is 31.3. The standard InChI is InChI=1S/C24H33NO5S/c1-15(2)25(21(27)18-8-7-16(3)13-20(18)26)22-19(23(28)29)14-17(31-22)9-12-24(30)10-5-4-6-11-24/h14-16,18,20,26,30H,4-8,10-11,13H2,1-3H3,(H,28,29)/t16-,18-,20+/m1/s1. The highest BCUT2D eigenvalue weighted by Crippen LogP contribution is 2.37. The molecule has 0 spiro atoms. The minimum Gasteiger partial charge on any atom is -0.478 e. The molecule has 2 fully saturated rings. The fourth-order valence-corrected chi connectivity index (χ4v) is 5.76. The van der Waals surface area contributed by atoms with Crippen LogP contribution in [-0.4, -0.2) is 44.9 Å². The van der Waals surface area contributed by atoms with Crippen LogP contribution >= 0.6 is 11.3 Å². The van der Waals surface area contributed by atoms with Crippen LogP contribution in [0.5, 0.6) is 0 Å². The SMILES string of the molecule is CC(C)N(C(=O)[C@@H]1CC[C@@H](C)C[C@@H]1O)c1sc(C#CC2(O)CCCCC2)cc1C(=O)O. The Hall–Kier alpha value is -1.88. The molecule has 3 rings (SSSR count). The number of amides is 1. The van der Waals surface area contributed by atoms with Crippen LogP contribution in [0.1, 0.15) is 87.4 Å². The number of rotatable bonds is 4. The van der Waals surface area contributed by atoms with E-state index >= 15 is 0 Å². The first-order valence-corrected chi connectivity index (χ1v) is 12.1. The molecular weight excluding hydrogens is 414 g/mol. The van der Waals surface area contributed by atoms with Crippen LogP contribution in [0.25, 0.3) is 0 Å². The minimum absolute atomic E-state index is 0.0330. The summed E-state index contributed by atoms with van der Waals surface area (Å²) in [6.07, 6.45) is 5.52. The van der Waals surface area contributed by atoms with Gasteiger partial charge in [-0.25, -0.2) is 4.79 Å². The first-order valence-electron chi connectivity index (χ1n) is 11.2. The van der Waals surface area contributed by atoms with E-state index in [0.717, 1.165) is 37.0 Å². The van der Waals surface area contributed by atoms with Gasteiger partial charge in [-0.05, 0) is 70.8 Å². The van der Waals surface area contributed by atoms with Gasteiger partial charge in [-0.1, -0.05) is 25.2 Å². The van der Waals surface area contributed by atoms with E-state index in [4.69, 9.17) is 0 Å². The molecule has 3 N–H and O–H groups in total. The van der Waals surface area contributed by atoms with Crippen molar-refractivity contribution in [2.45, 2.75) is 89.9 Å². The number of aromatic carboxylic acids is 1. The zero-order valence-electron chi connectivity index (χ0n) is 18.6. The molecule has 1 aromatic heterocycles. The summed E-state index contributed by atoms with van der Waals surface area (Å²) < 4.78 is 0. The molecule has 0 unspecified atom stereocenters. The van der Waals surface area contributed by atoms with Crippen molar-refractivity contribution in [2.75, 3.05) is 4.90 Å². The Morgan fingerprint density at radius 3 is 2.48 bits per heavy atom. The second kappa shape index (κ2) is 9.72. The summed E-state index contributed by atoms with van der Waals surface area (Å²) in [6.45, 7) is 5.76. The fourth-order valence-electron chi connectivity index (χ4n) is 4.62. The van der Waals surface area contributed by atoms with Crippen LogP contribution in [0.4, 0.5) is 5.00 Å². The Bertz CT molecular complexity index is 874. The van der Waals surface area contributed by atoms with Crippen molar-refractivity contribution in [2.24, 2.45) is 11.8 Å². The average Bonchev–Trinajstić information content (AvgIpc) is 3.11. The molecule has 170 valence electrons. The maximum absolute atomic E-state index is 13.4. The van der Waals surface area contributed by atoms with Crippen molar-refractivity contribution in [3.63, 3.8) is 0 Å². The van der Waals surface area contributed by atoms with E-state index in [-0.39, 0.29) is 17.5 Å². The van der Waals surface area contributed by atoms with Gasteiger partial charge in [0.2, 0.25) is 5.91 Å². The van der Waals surface area contributed by atoms with E-state index < -0.39 is 23.6 Å². The largest absolute Gasteiger partial charge is 0.478 e. The molecule has 6 nitrogen and oxygen atoms in total. The second-order valence-electron chi connectivity index (χ2n) is 9.37. The number of hydrogen-bond donors (Lipinski definition) is 3. The van der Waals surface area contributed by atoms with E-state index in [1.165, 1.54) is 11.0 Å². The van der Waals surface area contributed by atoms with E-state index in [1.54, 1.807) is 0 Å². The van der Waals surface area contributed by atoms with Gasteiger partial charge in [0.25, 0.3) is 0 Å². The van der Waals surface area contributed by atoms with Gasteiger partial charge in [-0.15, -0.1) is 11.3 Å². The van der Waals surface area contributed by atoms with Gasteiger partial charge in [0.05, 0.1) is 22.5 Å². The summed E-state index contributed by atoms with van der Waals surface area (Å²) in [7, 11) is 0. The molecule has 3 atom stereocenters. The minimum atomic E-state index is -1.12. The van der Waals surface area contributed by atoms with Crippen LogP contribution in [0.2, 0.25) is 0 Å². The molecule has 2 aliphatic carbocycles. The maximum Gasteiger partial charge on any atom is 0.338 e. The van der Waals surface area contributed by atoms with Gasteiger partial charge in [0.1, 0.15) is 10.6 Å². The van der Waals surface area contributed by atoms with Crippen LogP contribution in [-0.2, 0) is 4.79 Å². The summed E-state index contributed by atoms with van der Waals surface area (Å²) in [4.78, 5) is 27.4. The van der Waals surface area contributed by atoms with Gasteiger partial charge >= 0.3 is 5.97 Å². The molecule has 1 aromatic rings. The highest BCUT2D eigenvalue weighted by atomic mass is 32.1. The molecule has 0 radical (unpaired) electrons. The van der Waals surface area contributed by atoms with Gasteiger partial charge in [0, 0.05) is 6.04 Å². The average molecular weight is 448 g/mol. The van der Waals surface area contributed by atoms with Gasteiger partial charge in [0.15, 0.2) is 0 Å². The van der Waals surface area contributed by atoms with Crippen molar-refractivity contribution >= 4 is 28.2 Å². The molecule has 0 aliphatic heterocycles. The predicted molar refractivity (Wildman–Crippen MR) is 121 cm³/mol. The molecule has 2 aliphatic rings. The lowest BCUT2D eigenvalue weighted by Crippen LogP contribution is -2.46. The van der Waals surface area contributed by atoms with E-state index in [2.05, 4.69) is 18.8 Å².